The van der Waals surface area contributed by atoms with Crippen molar-refractivity contribution in [2.24, 2.45) is 5.92 Å². The van der Waals surface area contributed by atoms with E-state index in [4.69, 9.17) is 16.3 Å². The van der Waals surface area contributed by atoms with Crippen LogP contribution in [0.25, 0.3) is 0 Å². The molecule has 0 aliphatic carbocycles. The highest BCUT2D eigenvalue weighted by Gasteiger charge is 2.12. The first-order valence-electron chi connectivity index (χ1n) is 7.58. The van der Waals surface area contributed by atoms with Gasteiger partial charge >= 0.3 is 0 Å². The van der Waals surface area contributed by atoms with E-state index in [-0.39, 0.29) is 0 Å². The van der Waals surface area contributed by atoms with E-state index in [9.17, 15) is 0 Å². The van der Waals surface area contributed by atoms with Gasteiger partial charge in [0.05, 0.1) is 6.61 Å². The average Bonchev–Trinajstić information content (AvgIpc) is 2.41. The number of methoxy groups -OCH3 is 1. The van der Waals surface area contributed by atoms with Gasteiger partial charge in [-0.2, -0.15) is 0 Å². The number of hydrogen-bond donors (Lipinski definition) is 1. The molecule has 0 fully saturated rings. The number of halogens is 1. The summed E-state index contributed by atoms with van der Waals surface area (Å²) in [7, 11) is 1.73. The monoisotopic (exact) mass is 297 g/mol. The Bertz CT molecular complexity index is 368. The molecule has 20 heavy (non-hydrogen) atoms. The Kier molecular flexibility index (Phi) is 8.92. The van der Waals surface area contributed by atoms with Crippen molar-refractivity contribution in [3.05, 3.63) is 34.9 Å². The molecular weight excluding hydrogens is 270 g/mol. The molecule has 0 saturated carbocycles. The summed E-state index contributed by atoms with van der Waals surface area (Å²) >= 11 is 6.12. The number of benzene rings is 1. The normalized spacial score (nSPS) is 12.8. The lowest BCUT2D eigenvalue weighted by atomic mass is 9.92. The number of rotatable bonds is 10. The molecule has 1 aromatic rings. The summed E-state index contributed by atoms with van der Waals surface area (Å²) in [5.74, 6) is 1.31. The Morgan fingerprint density at radius 2 is 2.05 bits per heavy atom. The Hall–Kier alpha value is -0.570. The number of nitrogens with one attached hydrogen (secondary N) is 1. The fourth-order valence-electron chi connectivity index (χ4n) is 2.37. The maximum Gasteiger partial charge on any atom is 0.0587 e. The van der Waals surface area contributed by atoms with E-state index in [2.05, 4.69) is 31.3 Å². The molecule has 3 heteroatoms. The summed E-state index contributed by atoms with van der Waals surface area (Å²) in [6.45, 7) is 7.21. The van der Waals surface area contributed by atoms with Crippen LogP contribution >= 0.6 is 11.6 Å². The molecule has 0 aliphatic heterocycles. The van der Waals surface area contributed by atoms with Crippen LogP contribution in [0, 0.1) is 5.92 Å². The van der Waals surface area contributed by atoms with E-state index in [0.717, 1.165) is 30.6 Å². The third-order valence-electron chi connectivity index (χ3n) is 3.53. The fraction of sp³-hybridized carbons (Fsp3) is 0.647. The van der Waals surface area contributed by atoms with Crippen molar-refractivity contribution in [1.82, 2.24) is 5.32 Å². The minimum absolute atomic E-state index is 0.532. The molecule has 2 nitrogen and oxygen atoms in total. The Labute approximate surface area is 128 Å². The summed E-state index contributed by atoms with van der Waals surface area (Å²) in [6, 6.07) is 8.26. The summed E-state index contributed by atoms with van der Waals surface area (Å²) in [5, 5.41) is 4.30. The van der Waals surface area contributed by atoms with E-state index < -0.39 is 0 Å². The SMILES string of the molecule is COCCNCC(CCCC(C)C)c1cccc(Cl)c1. The molecule has 1 aromatic carbocycles. The van der Waals surface area contributed by atoms with Crippen LogP contribution in [0.3, 0.4) is 0 Å². The van der Waals surface area contributed by atoms with Crippen molar-refractivity contribution in [2.45, 2.75) is 39.0 Å². The highest BCUT2D eigenvalue weighted by molar-refractivity contribution is 6.30. The minimum atomic E-state index is 0.532. The maximum atomic E-state index is 6.12. The van der Waals surface area contributed by atoms with Crippen LogP contribution < -0.4 is 5.32 Å². The molecule has 0 heterocycles. The molecule has 0 bridgehead atoms. The first kappa shape index (κ1) is 17.5. The molecule has 0 saturated heterocycles. The van der Waals surface area contributed by atoms with Gasteiger partial charge in [0.15, 0.2) is 0 Å². The van der Waals surface area contributed by atoms with Gasteiger partial charge < -0.3 is 10.1 Å². The first-order chi connectivity index (χ1) is 9.63. The zero-order valence-electron chi connectivity index (χ0n) is 13.0. The van der Waals surface area contributed by atoms with Crippen LogP contribution in [-0.2, 0) is 4.74 Å². The predicted octanol–water partition coefficient (Wildman–Crippen LogP) is 4.49. The van der Waals surface area contributed by atoms with Gasteiger partial charge in [-0.1, -0.05) is 50.4 Å². The van der Waals surface area contributed by atoms with Gasteiger partial charge in [0.1, 0.15) is 0 Å². The molecule has 0 aliphatic rings. The average molecular weight is 298 g/mol. The van der Waals surface area contributed by atoms with Crippen LogP contribution in [0.15, 0.2) is 24.3 Å². The lowest BCUT2D eigenvalue weighted by molar-refractivity contribution is 0.198. The molecule has 1 atom stereocenters. The Balaban J connectivity index is 2.53. The van der Waals surface area contributed by atoms with E-state index in [1.165, 1.54) is 24.8 Å². The highest BCUT2D eigenvalue weighted by atomic mass is 35.5. The van der Waals surface area contributed by atoms with Gasteiger partial charge in [-0.3, -0.25) is 0 Å². The molecule has 0 aromatic heterocycles. The lowest BCUT2D eigenvalue weighted by Crippen LogP contribution is -2.25. The maximum absolute atomic E-state index is 6.12. The first-order valence-corrected chi connectivity index (χ1v) is 7.96. The summed E-state index contributed by atoms with van der Waals surface area (Å²) in [6.07, 6.45) is 3.76. The van der Waals surface area contributed by atoms with Gasteiger partial charge in [0.25, 0.3) is 0 Å². The third kappa shape index (κ3) is 7.28. The molecule has 0 radical (unpaired) electrons. The molecular formula is C17H28ClNO. The zero-order chi connectivity index (χ0) is 14.8. The second-order valence-electron chi connectivity index (χ2n) is 5.77. The minimum Gasteiger partial charge on any atom is -0.383 e. The highest BCUT2D eigenvalue weighted by Crippen LogP contribution is 2.25. The fourth-order valence-corrected chi connectivity index (χ4v) is 2.57. The second kappa shape index (κ2) is 10.2. The number of ether oxygens (including phenoxy) is 1. The molecule has 1 rings (SSSR count). The van der Waals surface area contributed by atoms with E-state index >= 15 is 0 Å². The van der Waals surface area contributed by atoms with Crippen LogP contribution in [0.4, 0.5) is 0 Å². The van der Waals surface area contributed by atoms with Crippen LogP contribution in [0.2, 0.25) is 5.02 Å². The standard InChI is InChI=1S/C17H28ClNO/c1-14(2)6-4-8-16(13-19-10-11-20-3)15-7-5-9-17(18)12-15/h5,7,9,12,14,16,19H,4,6,8,10-11,13H2,1-3H3. The largest absolute Gasteiger partial charge is 0.383 e. The molecule has 114 valence electrons. The Morgan fingerprint density at radius 3 is 2.70 bits per heavy atom. The molecule has 1 N–H and O–H groups in total. The van der Waals surface area contributed by atoms with Gasteiger partial charge in [0.2, 0.25) is 0 Å². The predicted molar refractivity (Wildman–Crippen MR) is 87.6 cm³/mol. The van der Waals surface area contributed by atoms with Crippen molar-refractivity contribution >= 4 is 11.6 Å². The van der Waals surface area contributed by atoms with Crippen LogP contribution in [0.1, 0.15) is 44.6 Å². The van der Waals surface area contributed by atoms with Gasteiger partial charge in [-0.15, -0.1) is 0 Å². The van der Waals surface area contributed by atoms with E-state index in [1.807, 2.05) is 12.1 Å². The summed E-state index contributed by atoms with van der Waals surface area (Å²) in [5.41, 5.74) is 1.34. The van der Waals surface area contributed by atoms with Crippen molar-refractivity contribution in [3.63, 3.8) is 0 Å². The molecule has 0 amide bonds. The zero-order valence-corrected chi connectivity index (χ0v) is 13.7. The Morgan fingerprint density at radius 1 is 1.25 bits per heavy atom. The van der Waals surface area contributed by atoms with E-state index in [1.54, 1.807) is 7.11 Å². The quantitative estimate of drug-likeness (QED) is 0.643. The summed E-state index contributed by atoms with van der Waals surface area (Å²) < 4.78 is 5.08. The van der Waals surface area contributed by atoms with E-state index in [0.29, 0.717) is 5.92 Å². The van der Waals surface area contributed by atoms with Crippen molar-refractivity contribution in [3.8, 4) is 0 Å². The van der Waals surface area contributed by atoms with Gasteiger partial charge in [0, 0.05) is 25.2 Å². The smallest absolute Gasteiger partial charge is 0.0587 e. The number of hydrogen-bond acceptors (Lipinski definition) is 2. The lowest BCUT2D eigenvalue weighted by Gasteiger charge is -2.19. The van der Waals surface area contributed by atoms with Gasteiger partial charge in [-0.05, 0) is 36.0 Å². The third-order valence-corrected chi connectivity index (χ3v) is 3.76. The van der Waals surface area contributed by atoms with Crippen LogP contribution in [0.5, 0.6) is 0 Å². The second-order valence-corrected chi connectivity index (χ2v) is 6.21. The molecule has 1 unspecified atom stereocenters. The van der Waals surface area contributed by atoms with Crippen LogP contribution in [-0.4, -0.2) is 26.8 Å². The van der Waals surface area contributed by atoms with Gasteiger partial charge in [-0.25, -0.2) is 0 Å². The van der Waals surface area contributed by atoms with Crippen molar-refractivity contribution in [1.29, 1.82) is 0 Å². The topological polar surface area (TPSA) is 21.3 Å². The molecule has 0 spiro atoms. The van der Waals surface area contributed by atoms with Crippen molar-refractivity contribution < 1.29 is 4.74 Å². The summed E-state index contributed by atoms with van der Waals surface area (Å²) in [4.78, 5) is 0. The van der Waals surface area contributed by atoms with Crippen molar-refractivity contribution in [2.75, 3.05) is 26.8 Å².